The molecule has 19 heavy (non-hydrogen) atoms. The average molecular weight is 265 g/mol. The zero-order chi connectivity index (χ0) is 14.3. The molecule has 1 amide bonds. The van der Waals surface area contributed by atoms with Crippen LogP contribution in [0.3, 0.4) is 0 Å². The fourth-order valence-electron chi connectivity index (χ4n) is 1.68. The van der Waals surface area contributed by atoms with Gasteiger partial charge in [-0.2, -0.15) is 0 Å². The van der Waals surface area contributed by atoms with Gasteiger partial charge >= 0.3 is 0 Å². The van der Waals surface area contributed by atoms with Gasteiger partial charge in [-0.15, -0.1) is 0 Å². The van der Waals surface area contributed by atoms with E-state index >= 15 is 0 Å². The lowest BCUT2D eigenvalue weighted by molar-refractivity contribution is -0.124. The Kier molecular flexibility index (Phi) is 6.36. The number of aliphatic hydroxyl groups is 1. The van der Waals surface area contributed by atoms with Crippen LogP contribution in [0.1, 0.15) is 26.3 Å². The normalized spacial score (nSPS) is 12.3. The number of carbonyl (C=O) groups is 1. The molecule has 4 heteroatoms. The molecule has 0 heterocycles. The minimum atomic E-state index is -0.224. The van der Waals surface area contributed by atoms with Crippen LogP contribution in [0.2, 0.25) is 0 Å². The molecule has 1 rings (SSSR count). The molecular formula is C15H23NO3. The maximum atomic E-state index is 11.7. The fraction of sp³-hybridized carbons (Fsp3) is 0.533. The molecule has 1 atom stereocenters. The Hall–Kier alpha value is -1.55. The van der Waals surface area contributed by atoms with Gasteiger partial charge in [0.25, 0.3) is 5.91 Å². The number of aliphatic hydroxyl groups excluding tert-OH is 1. The van der Waals surface area contributed by atoms with Crippen molar-refractivity contribution in [3.63, 3.8) is 0 Å². The van der Waals surface area contributed by atoms with E-state index in [4.69, 9.17) is 9.84 Å². The van der Waals surface area contributed by atoms with Crippen molar-refractivity contribution in [1.29, 1.82) is 0 Å². The van der Waals surface area contributed by atoms with Crippen LogP contribution in [0.5, 0.6) is 5.75 Å². The van der Waals surface area contributed by atoms with Gasteiger partial charge in [-0.05, 0) is 30.0 Å². The van der Waals surface area contributed by atoms with Crippen molar-refractivity contribution in [3.8, 4) is 5.75 Å². The van der Waals surface area contributed by atoms with Crippen LogP contribution in [0, 0.1) is 5.92 Å². The lowest BCUT2D eigenvalue weighted by atomic mass is 10.1. The second kappa shape index (κ2) is 7.79. The molecule has 0 spiro atoms. The Balaban J connectivity index is 2.45. The summed E-state index contributed by atoms with van der Waals surface area (Å²) in [5.74, 6) is 0.673. The molecule has 0 aliphatic heterocycles. The highest BCUT2D eigenvalue weighted by atomic mass is 16.5. The van der Waals surface area contributed by atoms with Crippen LogP contribution in [-0.4, -0.2) is 30.3 Å². The van der Waals surface area contributed by atoms with Gasteiger partial charge in [0.05, 0.1) is 12.6 Å². The topological polar surface area (TPSA) is 58.6 Å². The van der Waals surface area contributed by atoms with Crippen molar-refractivity contribution in [1.82, 2.24) is 5.32 Å². The van der Waals surface area contributed by atoms with Crippen LogP contribution in [0.25, 0.3) is 0 Å². The number of benzene rings is 1. The quantitative estimate of drug-likeness (QED) is 0.790. The van der Waals surface area contributed by atoms with Crippen LogP contribution in [0.15, 0.2) is 24.3 Å². The molecule has 1 aromatic carbocycles. The second-order valence-electron chi connectivity index (χ2n) is 4.89. The molecule has 0 radical (unpaired) electrons. The minimum Gasteiger partial charge on any atom is -0.484 e. The first-order valence-electron chi connectivity index (χ1n) is 6.68. The number of amides is 1. The van der Waals surface area contributed by atoms with Crippen LogP contribution in [0.4, 0.5) is 0 Å². The Morgan fingerprint density at radius 1 is 1.42 bits per heavy atom. The average Bonchev–Trinajstić information content (AvgIpc) is 2.42. The van der Waals surface area contributed by atoms with Crippen LogP contribution >= 0.6 is 0 Å². The van der Waals surface area contributed by atoms with Gasteiger partial charge in [-0.1, -0.05) is 32.9 Å². The molecule has 0 aromatic heterocycles. The number of hydrogen-bond donors (Lipinski definition) is 2. The van der Waals surface area contributed by atoms with E-state index in [1.54, 1.807) is 0 Å². The Labute approximate surface area is 114 Å². The molecule has 0 aliphatic rings. The van der Waals surface area contributed by atoms with Crippen molar-refractivity contribution in [2.75, 3.05) is 13.2 Å². The van der Waals surface area contributed by atoms with Gasteiger partial charge in [-0.3, -0.25) is 4.79 Å². The summed E-state index contributed by atoms with van der Waals surface area (Å²) in [6.07, 6.45) is 0.934. The third-order valence-electron chi connectivity index (χ3n) is 3.02. The maximum Gasteiger partial charge on any atom is 0.258 e. The standard InChI is InChI=1S/C15H23NO3/c1-4-12-6-5-7-13(8-12)19-10-15(18)16-14(9-17)11(2)3/h5-8,11,14,17H,4,9-10H2,1-3H3,(H,16,18)/t14-/m1/s1. The number of carbonyl (C=O) groups excluding carboxylic acids is 1. The summed E-state index contributed by atoms with van der Waals surface area (Å²) in [6.45, 7) is 5.88. The number of aryl methyl sites for hydroxylation is 1. The Morgan fingerprint density at radius 2 is 2.16 bits per heavy atom. The van der Waals surface area contributed by atoms with Crippen LogP contribution < -0.4 is 10.1 Å². The first kappa shape index (κ1) is 15.5. The van der Waals surface area contributed by atoms with E-state index in [2.05, 4.69) is 12.2 Å². The number of rotatable bonds is 7. The number of hydrogen-bond acceptors (Lipinski definition) is 3. The number of nitrogens with one attached hydrogen (secondary N) is 1. The van der Waals surface area contributed by atoms with Gasteiger partial charge in [-0.25, -0.2) is 0 Å². The van der Waals surface area contributed by atoms with Crippen LogP contribution in [-0.2, 0) is 11.2 Å². The highest BCUT2D eigenvalue weighted by Crippen LogP contribution is 2.13. The summed E-state index contributed by atoms with van der Waals surface area (Å²) in [6, 6.07) is 7.47. The molecule has 106 valence electrons. The summed E-state index contributed by atoms with van der Waals surface area (Å²) < 4.78 is 5.44. The zero-order valence-corrected chi connectivity index (χ0v) is 11.8. The summed E-state index contributed by atoms with van der Waals surface area (Å²) in [5.41, 5.74) is 1.17. The summed E-state index contributed by atoms with van der Waals surface area (Å²) in [4.78, 5) is 11.7. The minimum absolute atomic E-state index is 0.0314. The zero-order valence-electron chi connectivity index (χ0n) is 11.8. The Morgan fingerprint density at radius 3 is 2.74 bits per heavy atom. The van der Waals surface area contributed by atoms with Crippen molar-refractivity contribution in [3.05, 3.63) is 29.8 Å². The monoisotopic (exact) mass is 265 g/mol. The smallest absolute Gasteiger partial charge is 0.258 e. The molecule has 2 N–H and O–H groups in total. The summed E-state index contributed by atoms with van der Waals surface area (Å²) >= 11 is 0. The van der Waals surface area contributed by atoms with E-state index in [0.29, 0.717) is 5.75 Å². The van der Waals surface area contributed by atoms with E-state index in [-0.39, 0.29) is 31.1 Å². The van der Waals surface area contributed by atoms with E-state index in [0.717, 1.165) is 6.42 Å². The lowest BCUT2D eigenvalue weighted by Gasteiger charge is -2.19. The van der Waals surface area contributed by atoms with E-state index in [1.807, 2.05) is 38.1 Å². The van der Waals surface area contributed by atoms with Crippen molar-refractivity contribution < 1.29 is 14.6 Å². The van der Waals surface area contributed by atoms with Gasteiger partial charge in [0, 0.05) is 0 Å². The fourth-order valence-corrected chi connectivity index (χ4v) is 1.68. The van der Waals surface area contributed by atoms with Crippen molar-refractivity contribution >= 4 is 5.91 Å². The van der Waals surface area contributed by atoms with E-state index in [1.165, 1.54) is 5.56 Å². The maximum absolute atomic E-state index is 11.7. The highest BCUT2D eigenvalue weighted by molar-refractivity contribution is 5.77. The largest absolute Gasteiger partial charge is 0.484 e. The molecular weight excluding hydrogens is 242 g/mol. The lowest BCUT2D eigenvalue weighted by Crippen LogP contribution is -2.43. The van der Waals surface area contributed by atoms with Gasteiger partial charge in [0.1, 0.15) is 5.75 Å². The van der Waals surface area contributed by atoms with Gasteiger partial charge < -0.3 is 15.2 Å². The molecule has 0 saturated heterocycles. The molecule has 4 nitrogen and oxygen atoms in total. The molecule has 0 bridgehead atoms. The van der Waals surface area contributed by atoms with E-state index in [9.17, 15) is 4.79 Å². The van der Waals surface area contributed by atoms with Crippen molar-refractivity contribution in [2.45, 2.75) is 33.2 Å². The highest BCUT2D eigenvalue weighted by Gasteiger charge is 2.15. The third kappa shape index (κ3) is 5.30. The number of ether oxygens (including phenoxy) is 1. The summed E-state index contributed by atoms with van der Waals surface area (Å²) in [5, 5.41) is 11.9. The third-order valence-corrected chi connectivity index (χ3v) is 3.02. The molecule has 0 fully saturated rings. The first-order chi connectivity index (χ1) is 9.06. The van der Waals surface area contributed by atoms with E-state index < -0.39 is 0 Å². The first-order valence-corrected chi connectivity index (χ1v) is 6.68. The molecule has 0 aliphatic carbocycles. The predicted octanol–water partition coefficient (Wildman–Crippen LogP) is 1.76. The van der Waals surface area contributed by atoms with Gasteiger partial charge in [0.2, 0.25) is 0 Å². The van der Waals surface area contributed by atoms with Gasteiger partial charge in [0.15, 0.2) is 6.61 Å². The molecule has 1 aromatic rings. The summed E-state index contributed by atoms with van der Waals surface area (Å²) in [7, 11) is 0. The SMILES string of the molecule is CCc1cccc(OCC(=O)N[C@H](CO)C(C)C)c1. The second-order valence-corrected chi connectivity index (χ2v) is 4.89. The molecule has 0 unspecified atom stereocenters. The Bertz CT molecular complexity index is 404. The predicted molar refractivity (Wildman–Crippen MR) is 75.2 cm³/mol. The van der Waals surface area contributed by atoms with Crippen molar-refractivity contribution in [2.24, 2.45) is 5.92 Å². The molecule has 0 saturated carbocycles.